The number of carbonyl (C=O) groups excluding carboxylic acids is 1. The molecule has 0 atom stereocenters. The number of rotatable bonds is 5. The molecule has 24 heavy (non-hydrogen) atoms. The van der Waals surface area contributed by atoms with Gasteiger partial charge in [-0.2, -0.15) is 5.06 Å². The van der Waals surface area contributed by atoms with Crippen molar-refractivity contribution in [1.29, 1.82) is 0 Å². The maximum Gasteiger partial charge on any atom is 0.243 e. The fraction of sp³-hybridized carbons (Fsp3) is 0.611. The smallest absolute Gasteiger partial charge is 0.243 e. The van der Waals surface area contributed by atoms with Gasteiger partial charge in [-0.15, -0.1) is 0 Å². The SMILES string of the molecule is CON1CCC(N)(N(C(=O)Cc2cc(C)ccc2C)N(C)C)CC1. The highest BCUT2D eigenvalue weighted by molar-refractivity contribution is 5.79. The Morgan fingerprint density at radius 2 is 1.92 bits per heavy atom. The summed E-state index contributed by atoms with van der Waals surface area (Å²) in [6.07, 6.45) is 1.72. The molecule has 1 saturated heterocycles. The lowest BCUT2D eigenvalue weighted by Gasteiger charge is -2.48. The first-order valence-electron chi connectivity index (χ1n) is 8.41. The molecule has 134 valence electrons. The molecule has 1 aliphatic heterocycles. The molecule has 2 N–H and O–H groups in total. The van der Waals surface area contributed by atoms with E-state index in [0.29, 0.717) is 32.4 Å². The Hall–Kier alpha value is -1.47. The predicted octanol–water partition coefficient (Wildman–Crippen LogP) is 1.46. The van der Waals surface area contributed by atoms with E-state index in [9.17, 15) is 4.79 Å². The van der Waals surface area contributed by atoms with Crippen molar-refractivity contribution in [3.8, 4) is 0 Å². The van der Waals surface area contributed by atoms with Gasteiger partial charge in [-0.1, -0.05) is 23.8 Å². The number of hydrogen-bond acceptors (Lipinski definition) is 5. The monoisotopic (exact) mass is 334 g/mol. The van der Waals surface area contributed by atoms with Crippen molar-refractivity contribution in [3.63, 3.8) is 0 Å². The Morgan fingerprint density at radius 1 is 1.29 bits per heavy atom. The Morgan fingerprint density at radius 3 is 2.46 bits per heavy atom. The van der Waals surface area contributed by atoms with E-state index in [-0.39, 0.29) is 5.91 Å². The first kappa shape index (κ1) is 18.9. The Balaban J connectivity index is 2.18. The van der Waals surface area contributed by atoms with Crippen molar-refractivity contribution in [1.82, 2.24) is 15.1 Å². The molecule has 1 aromatic rings. The number of aryl methyl sites for hydroxylation is 2. The van der Waals surface area contributed by atoms with E-state index < -0.39 is 5.66 Å². The van der Waals surface area contributed by atoms with E-state index in [1.54, 1.807) is 12.1 Å². The van der Waals surface area contributed by atoms with Crippen LogP contribution in [0.2, 0.25) is 0 Å². The molecule has 6 heteroatoms. The summed E-state index contributed by atoms with van der Waals surface area (Å²) in [6.45, 7) is 5.52. The van der Waals surface area contributed by atoms with E-state index in [4.69, 9.17) is 10.6 Å². The van der Waals surface area contributed by atoms with Crippen molar-refractivity contribution in [2.75, 3.05) is 34.3 Å². The Bertz CT molecular complexity index is 580. The molecule has 0 unspecified atom stereocenters. The quantitative estimate of drug-likeness (QED) is 0.652. The number of benzene rings is 1. The number of carbonyl (C=O) groups is 1. The Labute approximate surface area is 145 Å². The molecule has 0 aliphatic carbocycles. The third kappa shape index (κ3) is 4.13. The van der Waals surface area contributed by atoms with Gasteiger partial charge in [0, 0.05) is 40.0 Å². The third-order valence-corrected chi connectivity index (χ3v) is 4.75. The van der Waals surface area contributed by atoms with Crippen molar-refractivity contribution >= 4 is 5.91 Å². The minimum Gasteiger partial charge on any atom is -0.307 e. The van der Waals surface area contributed by atoms with Crippen LogP contribution in [-0.4, -0.2) is 60.9 Å². The molecule has 1 aliphatic rings. The number of hydrogen-bond donors (Lipinski definition) is 1. The average Bonchev–Trinajstić information content (AvgIpc) is 2.51. The summed E-state index contributed by atoms with van der Waals surface area (Å²) < 4.78 is 0. The van der Waals surface area contributed by atoms with E-state index in [2.05, 4.69) is 18.2 Å². The van der Waals surface area contributed by atoms with Crippen LogP contribution >= 0.6 is 0 Å². The van der Waals surface area contributed by atoms with Crippen molar-refractivity contribution in [2.24, 2.45) is 5.73 Å². The topological polar surface area (TPSA) is 62.0 Å². The first-order chi connectivity index (χ1) is 11.3. The molecule has 6 nitrogen and oxygen atoms in total. The summed E-state index contributed by atoms with van der Waals surface area (Å²) in [4.78, 5) is 18.3. The molecular formula is C18H30N4O2. The van der Waals surface area contributed by atoms with Gasteiger partial charge in [0.1, 0.15) is 5.66 Å². The van der Waals surface area contributed by atoms with Crippen LogP contribution in [0, 0.1) is 13.8 Å². The summed E-state index contributed by atoms with van der Waals surface area (Å²) in [5.74, 6) is 0.0297. The number of piperidine rings is 1. The molecule has 0 aromatic heterocycles. The van der Waals surface area contributed by atoms with Crippen LogP contribution in [-0.2, 0) is 16.1 Å². The fourth-order valence-corrected chi connectivity index (χ4v) is 3.37. The number of amides is 1. The van der Waals surface area contributed by atoms with Crippen LogP contribution < -0.4 is 5.73 Å². The summed E-state index contributed by atoms with van der Waals surface area (Å²) >= 11 is 0. The lowest BCUT2D eigenvalue weighted by molar-refractivity contribution is -0.190. The zero-order chi connectivity index (χ0) is 17.9. The maximum absolute atomic E-state index is 13.0. The van der Waals surface area contributed by atoms with Crippen molar-refractivity contribution < 1.29 is 9.63 Å². The lowest BCUT2D eigenvalue weighted by atomic mass is 9.96. The highest BCUT2D eigenvalue weighted by Gasteiger charge is 2.40. The second-order valence-corrected chi connectivity index (χ2v) is 6.87. The zero-order valence-corrected chi connectivity index (χ0v) is 15.5. The number of hydroxylamine groups is 2. The minimum absolute atomic E-state index is 0.0297. The summed E-state index contributed by atoms with van der Waals surface area (Å²) in [7, 11) is 5.41. The van der Waals surface area contributed by atoms with Crippen LogP contribution in [0.1, 0.15) is 29.5 Å². The van der Waals surface area contributed by atoms with Gasteiger partial charge in [-0.3, -0.25) is 9.80 Å². The van der Waals surface area contributed by atoms with Crippen molar-refractivity contribution in [3.05, 3.63) is 34.9 Å². The van der Waals surface area contributed by atoms with Crippen LogP contribution in [0.25, 0.3) is 0 Å². The number of hydrazine groups is 1. The van der Waals surface area contributed by atoms with Crippen LogP contribution in [0.4, 0.5) is 0 Å². The molecule has 0 saturated carbocycles. The number of nitrogens with zero attached hydrogens (tertiary/aromatic N) is 3. The average molecular weight is 334 g/mol. The molecule has 0 radical (unpaired) electrons. The van der Waals surface area contributed by atoms with E-state index in [1.807, 2.05) is 38.0 Å². The van der Waals surface area contributed by atoms with Gasteiger partial charge in [0.2, 0.25) is 5.91 Å². The van der Waals surface area contributed by atoms with E-state index in [1.165, 1.54) is 0 Å². The molecule has 1 aromatic carbocycles. The predicted molar refractivity (Wildman–Crippen MR) is 94.9 cm³/mol. The zero-order valence-electron chi connectivity index (χ0n) is 15.5. The van der Waals surface area contributed by atoms with E-state index in [0.717, 1.165) is 16.7 Å². The van der Waals surface area contributed by atoms with Crippen molar-refractivity contribution in [2.45, 2.75) is 38.8 Å². The van der Waals surface area contributed by atoms with Gasteiger partial charge in [-0.05, 0) is 25.0 Å². The molecule has 2 rings (SSSR count). The summed E-state index contributed by atoms with van der Waals surface area (Å²) in [5.41, 5.74) is 9.31. The number of nitrogens with two attached hydrogens (primary N) is 1. The fourth-order valence-electron chi connectivity index (χ4n) is 3.37. The van der Waals surface area contributed by atoms with Gasteiger partial charge in [-0.25, -0.2) is 5.01 Å². The summed E-state index contributed by atoms with van der Waals surface area (Å²) in [6, 6.07) is 6.21. The van der Waals surface area contributed by atoms with Crippen LogP contribution in [0.15, 0.2) is 18.2 Å². The third-order valence-electron chi connectivity index (χ3n) is 4.75. The highest BCUT2D eigenvalue weighted by atomic mass is 16.7. The van der Waals surface area contributed by atoms with Gasteiger partial charge in [0.05, 0.1) is 13.5 Å². The lowest BCUT2D eigenvalue weighted by Crippen LogP contribution is -2.66. The molecule has 0 spiro atoms. The first-order valence-corrected chi connectivity index (χ1v) is 8.41. The van der Waals surface area contributed by atoms with Crippen LogP contribution in [0.3, 0.4) is 0 Å². The Kier molecular flexibility index (Phi) is 5.98. The van der Waals surface area contributed by atoms with Gasteiger partial charge in [0.15, 0.2) is 0 Å². The molecule has 1 amide bonds. The largest absolute Gasteiger partial charge is 0.307 e. The van der Waals surface area contributed by atoms with Gasteiger partial charge >= 0.3 is 0 Å². The highest BCUT2D eigenvalue weighted by Crippen LogP contribution is 2.26. The van der Waals surface area contributed by atoms with E-state index >= 15 is 0 Å². The standard InChI is InChI=1S/C18H30N4O2/c1-14-6-7-15(2)16(12-14)13-17(23)22(20(3)4)18(19)8-10-21(24-5)11-9-18/h6-7,12H,8-11,13,19H2,1-5H3. The minimum atomic E-state index is -0.673. The van der Waals surface area contributed by atoms with Crippen LogP contribution in [0.5, 0.6) is 0 Å². The normalized spacial score (nSPS) is 18.0. The second kappa shape index (κ2) is 7.61. The molecular weight excluding hydrogens is 304 g/mol. The molecule has 0 bridgehead atoms. The molecule has 1 fully saturated rings. The molecule has 1 heterocycles. The van der Waals surface area contributed by atoms with Gasteiger partial charge < -0.3 is 10.6 Å². The van der Waals surface area contributed by atoms with Gasteiger partial charge in [0.25, 0.3) is 0 Å². The second-order valence-electron chi connectivity index (χ2n) is 6.87. The maximum atomic E-state index is 13.0. The summed E-state index contributed by atoms with van der Waals surface area (Å²) in [5, 5.41) is 5.42.